The lowest BCUT2D eigenvalue weighted by atomic mass is 9.78. The van der Waals surface area contributed by atoms with Crippen LogP contribution in [0.25, 0.3) is 11.1 Å². The monoisotopic (exact) mass is 351 g/mol. The number of hydrogen-bond donors (Lipinski definition) is 0. The Morgan fingerprint density at radius 2 is 1.69 bits per heavy atom. The van der Waals surface area contributed by atoms with E-state index in [2.05, 4.69) is 18.2 Å². The maximum Gasteiger partial charge on any atom is 0.141 e. The van der Waals surface area contributed by atoms with E-state index in [0.717, 1.165) is 36.8 Å². The molecule has 1 aliphatic carbocycles. The molecule has 134 valence electrons. The Kier molecular flexibility index (Phi) is 6.17. The zero-order chi connectivity index (χ0) is 18.4. The Balaban J connectivity index is 1.64. The predicted octanol–water partition coefficient (Wildman–Crippen LogP) is 6.55. The van der Waals surface area contributed by atoms with Crippen LogP contribution < -0.4 is 0 Å². The van der Waals surface area contributed by atoms with Crippen molar-refractivity contribution in [1.82, 2.24) is 0 Å². The Hall–Kier alpha value is -2.47. The van der Waals surface area contributed by atoms with E-state index in [4.69, 9.17) is 5.26 Å². The molecule has 0 aromatic heterocycles. The van der Waals surface area contributed by atoms with Gasteiger partial charge in [-0.1, -0.05) is 42.5 Å². The third-order valence-corrected chi connectivity index (χ3v) is 5.26. The molecule has 0 atom stereocenters. The third kappa shape index (κ3) is 4.38. The standard InChI is InChI=1S/C23H23F2N/c24-14-2-1-3-17-4-6-18(7-5-17)19-8-10-20(11-9-19)21-12-13-22(16-26)23(25)15-21/h1,3,8-13,15,17-18H,2,4-7,14H2/b3-1+. The normalized spacial score (nSPS) is 20.2. The lowest BCUT2D eigenvalue weighted by Crippen LogP contribution is -2.11. The summed E-state index contributed by atoms with van der Waals surface area (Å²) in [6.07, 6.45) is 9.27. The number of allylic oxidation sites excluding steroid dienone is 2. The highest BCUT2D eigenvalue weighted by molar-refractivity contribution is 5.64. The van der Waals surface area contributed by atoms with Gasteiger partial charge in [-0.2, -0.15) is 5.26 Å². The molecule has 3 rings (SSSR count). The molecule has 1 nitrogen and oxygen atoms in total. The van der Waals surface area contributed by atoms with Gasteiger partial charge in [0.1, 0.15) is 11.9 Å². The first-order valence-corrected chi connectivity index (χ1v) is 9.24. The van der Waals surface area contributed by atoms with E-state index in [-0.39, 0.29) is 12.2 Å². The van der Waals surface area contributed by atoms with E-state index in [9.17, 15) is 8.78 Å². The summed E-state index contributed by atoms with van der Waals surface area (Å²) in [4.78, 5) is 0. The first-order chi connectivity index (χ1) is 12.7. The molecule has 1 aliphatic rings. The SMILES string of the molecule is N#Cc1ccc(-c2ccc(C3CCC(/C=C/CCF)CC3)cc2)cc1F. The highest BCUT2D eigenvalue weighted by Gasteiger charge is 2.20. The van der Waals surface area contributed by atoms with Gasteiger partial charge >= 0.3 is 0 Å². The molecule has 0 unspecified atom stereocenters. The fraction of sp³-hybridized carbons (Fsp3) is 0.348. The molecular formula is C23H23F2N. The summed E-state index contributed by atoms with van der Waals surface area (Å²) < 4.78 is 26.0. The molecule has 2 aromatic carbocycles. The number of nitriles is 1. The third-order valence-electron chi connectivity index (χ3n) is 5.26. The highest BCUT2D eigenvalue weighted by atomic mass is 19.1. The van der Waals surface area contributed by atoms with Gasteiger partial charge in [0, 0.05) is 0 Å². The van der Waals surface area contributed by atoms with Crippen LogP contribution in [-0.4, -0.2) is 6.67 Å². The topological polar surface area (TPSA) is 23.8 Å². The number of alkyl halides is 1. The van der Waals surface area contributed by atoms with Crippen molar-refractivity contribution in [3.8, 4) is 17.2 Å². The molecule has 2 aromatic rings. The zero-order valence-electron chi connectivity index (χ0n) is 14.8. The van der Waals surface area contributed by atoms with E-state index in [1.165, 1.54) is 17.7 Å². The number of benzene rings is 2. The van der Waals surface area contributed by atoms with Crippen molar-refractivity contribution in [2.45, 2.75) is 38.0 Å². The van der Waals surface area contributed by atoms with Gasteiger partial charge in [0.2, 0.25) is 0 Å². The van der Waals surface area contributed by atoms with Gasteiger partial charge in [-0.15, -0.1) is 0 Å². The summed E-state index contributed by atoms with van der Waals surface area (Å²) in [5.74, 6) is 0.666. The largest absolute Gasteiger partial charge is 0.251 e. The lowest BCUT2D eigenvalue weighted by Gasteiger charge is -2.27. The molecule has 0 saturated heterocycles. The second-order valence-corrected chi connectivity index (χ2v) is 6.95. The Labute approximate surface area is 154 Å². The van der Waals surface area contributed by atoms with Crippen molar-refractivity contribution in [2.24, 2.45) is 5.92 Å². The van der Waals surface area contributed by atoms with Crippen LogP contribution in [0.15, 0.2) is 54.6 Å². The molecule has 0 heterocycles. The van der Waals surface area contributed by atoms with Gasteiger partial charge in [0.25, 0.3) is 0 Å². The van der Waals surface area contributed by atoms with Crippen LogP contribution in [0.2, 0.25) is 0 Å². The number of hydrogen-bond acceptors (Lipinski definition) is 1. The first kappa shape index (κ1) is 18.3. The smallest absolute Gasteiger partial charge is 0.141 e. The van der Waals surface area contributed by atoms with Crippen LogP contribution >= 0.6 is 0 Å². The van der Waals surface area contributed by atoms with Gasteiger partial charge in [-0.3, -0.25) is 4.39 Å². The van der Waals surface area contributed by atoms with Crippen molar-refractivity contribution < 1.29 is 8.78 Å². The first-order valence-electron chi connectivity index (χ1n) is 9.24. The summed E-state index contributed by atoms with van der Waals surface area (Å²) >= 11 is 0. The van der Waals surface area contributed by atoms with Crippen LogP contribution in [0.1, 0.15) is 49.1 Å². The van der Waals surface area contributed by atoms with Crippen molar-refractivity contribution in [3.63, 3.8) is 0 Å². The van der Waals surface area contributed by atoms with Crippen molar-refractivity contribution in [3.05, 3.63) is 71.6 Å². The van der Waals surface area contributed by atoms with E-state index < -0.39 is 5.82 Å². The molecule has 0 spiro atoms. The molecule has 1 fully saturated rings. The van der Waals surface area contributed by atoms with Crippen LogP contribution in [0, 0.1) is 23.1 Å². The van der Waals surface area contributed by atoms with Crippen LogP contribution in [0.3, 0.4) is 0 Å². The van der Waals surface area contributed by atoms with Gasteiger partial charge in [0.05, 0.1) is 12.2 Å². The van der Waals surface area contributed by atoms with E-state index in [1.807, 2.05) is 24.3 Å². The maximum absolute atomic E-state index is 13.8. The molecular weight excluding hydrogens is 328 g/mol. The molecule has 3 heteroatoms. The molecule has 1 saturated carbocycles. The summed E-state index contributed by atoms with van der Waals surface area (Å²) in [7, 11) is 0. The molecule has 0 N–H and O–H groups in total. The van der Waals surface area contributed by atoms with Crippen LogP contribution in [0.4, 0.5) is 8.78 Å². The van der Waals surface area contributed by atoms with Crippen LogP contribution in [0.5, 0.6) is 0 Å². The highest BCUT2D eigenvalue weighted by Crippen LogP contribution is 2.37. The Morgan fingerprint density at radius 1 is 1.00 bits per heavy atom. The lowest BCUT2D eigenvalue weighted by molar-refractivity contribution is 0.375. The van der Waals surface area contributed by atoms with Gasteiger partial charge in [0.15, 0.2) is 0 Å². The Morgan fingerprint density at radius 3 is 2.31 bits per heavy atom. The van der Waals surface area contributed by atoms with Gasteiger partial charge < -0.3 is 0 Å². The molecule has 0 aliphatic heterocycles. The van der Waals surface area contributed by atoms with E-state index >= 15 is 0 Å². The number of rotatable bonds is 5. The number of nitrogens with zero attached hydrogens (tertiary/aromatic N) is 1. The van der Waals surface area contributed by atoms with Gasteiger partial charge in [-0.05, 0) is 72.8 Å². The Bertz CT molecular complexity index is 794. The second-order valence-electron chi connectivity index (χ2n) is 6.95. The average Bonchev–Trinajstić information content (AvgIpc) is 2.69. The van der Waals surface area contributed by atoms with Crippen molar-refractivity contribution in [1.29, 1.82) is 5.26 Å². The minimum atomic E-state index is -0.479. The molecule has 26 heavy (non-hydrogen) atoms. The number of halogens is 2. The minimum Gasteiger partial charge on any atom is -0.251 e. The molecule has 0 radical (unpaired) electrons. The predicted molar refractivity (Wildman–Crippen MR) is 101 cm³/mol. The van der Waals surface area contributed by atoms with Crippen molar-refractivity contribution >= 4 is 0 Å². The summed E-state index contributed by atoms with van der Waals surface area (Å²) in [6.45, 7) is -0.276. The van der Waals surface area contributed by atoms with Crippen molar-refractivity contribution in [2.75, 3.05) is 6.67 Å². The maximum atomic E-state index is 13.8. The molecule has 0 bridgehead atoms. The fourth-order valence-electron chi connectivity index (χ4n) is 3.73. The summed E-state index contributed by atoms with van der Waals surface area (Å²) in [5.41, 5.74) is 3.14. The quantitative estimate of drug-likeness (QED) is 0.560. The zero-order valence-corrected chi connectivity index (χ0v) is 14.8. The van der Waals surface area contributed by atoms with Crippen LogP contribution in [-0.2, 0) is 0 Å². The average molecular weight is 351 g/mol. The summed E-state index contributed by atoms with van der Waals surface area (Å²) in [6, 6.07) is 14.9. The fourth-order valence-corrected chi connectivity index (χ4v) is 3.73. The molecule has 0 amide bonds. The minimum absolute atomic E-state index is 0.0719. The summed E-state index contributed by atoms with van der Waals surface area (Å²) in [5, 5.41) is 8.83. The van der Waals surface area contributed by atoms with E-state index in [1.54, 1.807) is 6.07 Å². The van der Waals surface area contributed by atoms with Gasteiger partial charge in [-0.25, -0.2) is 4.39 Å². The second kappa shape index (κ2) is 8.76. The van der Waals surface area contributed by atoms with E-state index in [0.29, 0.717) is 18.3 Å².